The lowest BCUT2D eigenvalue weighted by Crippen LogP contribution is -1.99. The van der Waals surface area contributed by atoms with E-state index in [0.29, 0.717) is 17.2 Å². The van der Waals surface area contributed by atoms with Crippen molar-refractivity contribution in [3.05, 3.63) is 76.9 Å². The van der Waals surface area contributed by atoms with Crippen LogP contribution in [-0.4, -0.2) is 35.5 Å². The Morgan fingerprint density at radius 3 is 1.38 bits per heavy atom. The molecule has 32 heavy (non-hydrogen) atoms. The first-order chi connectivity index (χ1) is 15.6. The lowest BCUT2D eigenvalue weighted by Gasteiger charge is -2.14. The van der Waals surface area contributed by atoms with Crippen LogP contribution in [0.15, 0.2) is 54.6 Å². The summed E-state index contributed by atoms with van der Waals surface area (Å²) in [4.78, 5) is 0. The van der Waals surface area contributed by atoms with Crippen LogP contribution in [0.5, 0.6) is 28.7 Å². The fraction of sp³-hybridized carbons (Fsp3) is 0.333. The summed E-state index contributed by atoms with van der Waals surface area (Å²) in [6.45, 7) is 0. The van der Waals surface area contributed by atoms with Crippen LogP contribution in [0.25, 0.3) is 0 Å². The van der Waals surface area contributed by atoms with Gasteiger partial charge in [0, 0.05) is 6.07 Å². The highest BCUT2D eigenvalue weighted by Gasteiger charge is 2.13. The fourth-order valence-electron chi connectivity index (χ4n) is 3.81. The standard InChI is InChI=1S/C27H32O5/c1-28-23-14-21(15-24(18-23)29-2)11-9-19-7-6-8-20(13-19)10-12-22-16-25(30-3)27(32-5)26(17-22)31-4/h6-8,13-18H,9-12H2,1-5H3. The molecule has 0 aromatic heterocycles. The topological polar surface area (TPSA) is 46.2 Å². The number of hydrogen-bond acceptors (Lipinski definition) is 5. The first-order valence-electron chi connectivity index (χ1n) is 10.7. The van der Waals surface area contributed by atoms with E-state index >= 15 is 0 Å². The highest BCUT2D eigenvalue weighted by atomic mass is 16.5. The summed E-state index contributed by atoms with van der Waals surface area (Å²) < 4.78 is 27.1. The Balaban J connectivity index is 1.67. The maximum atomic E-state index is 5.47. The molecule has 3 aromatic rings. The van der Waals surface area contributed by atoms with Gasteiger partial charge in [0.05, 0.1) is 35.5 Å². The summed E-state index contributed by atoms with van der Waals surface area (Å²) in [7, 11) is 8.25. The zero-order chi connectivity index (χ0) is 22.9. The van der Waals surface area contributed by atoms with Crippen LogP contribution in [0.1, 0.15) is 22.3 Å². The first-order valence-corrected chi connectivity index (χ1v) is 10.7. The molecule has 3 aromatic carbocycles. The maximum Gasteiger partial charge on any atom is 0.203 e. The van der Waals surface area contributed by atoms with E-state index in [2.05, 4.69) is 36.4 Å². The van der Waals surface area contributed by atoms with Crippen LogP contribution in [0.4, 0.5) is 0 Å². The summed E-state index contributed by atoms with van der Waals surface area (Å²) in [5.41, 5.74) is 4.96. The van der Waals surface area contributed by atoms with Crippen LogP contribution < -0.4 is 23.7 Å². The lowest BCUT2D eigenvalue weighted by molar-refractivity contribution is 0.324. The molecular weight excluding hydrogens is 404 g/mol. The van der Waals surface area contributed by atoms with E-state index in [1.807, 2.05) is 18.2 Å². The third-order valence-electron chi connectivity index (χ3n) is 5.53. The summed E-state index contributed by atoms with van der Waals surface area (Å²) in [6, 6.07) is 18.8. The van der Waals surface area contributed by atoms with Gasteiger partial charge < -0.3 is 23.7 Å². The number of rotatable bonds is 11. The lowest BCUT2D eigenvalue weighted by atomic mass is 9.99. The Hall–Kier alpha value is -3.34. The van der Waals surface area contributed by atoms with E-state index in [0.717, 1.165) is 42.7 Å². The molecule has 0 atom stereocenters. The molecule has 0 aliphatic rings. The van der Waals surface area contributed by atoms with Crippen molar-refractivity contribution in [2.45, 2.75) is 25.7 Å². The highest BCUT2D eigenvalue weighted by molar-refractivity contribution is 5.54. The van der Waals surface area contributed by atoms with Gasteiger partial charge in [0.25, 0.3) is 0 Å². The quantitative estimate of drug-likeness (QED) is 0.408. The molecule has 0 fully saturated rings. The summed E-state index contributed by atoms with van der Waals surface area (Å²) in [5, 5.41) is 0. The fourth-order valence-corrected chi connectivity index (χ4v) is 3.81. The second-order valence-electron chi connectivity index (χ2n) is 7.57. The van der Waals surface area contributed by atoms with Gasteiger partial charge in [0.1, 0.15) is 11.5 Å². The van der Waals surface area contributed by atoms with Crippen LogP contribution >= 0.6 is 0 Å². The van der Waals surface area contributed by atoms with Crippen molar-refractivity contribution in [3.63, 3.8) is 0 Å². The Bertz CT molecular complexity index is 981. The molecule has 0 unspecified atom stereocenters. The predicted octanol–water partition coefficient (Wildman–Crippen LogP) is 5.30. The van der Waals surface area contributed by atoms with Gasteiger partial charge in [-0.25, -0.2) is 0 Å². The molecule has 0 N–H and O–H groups in total. The number of hydrogen-bond donors (Lipinski definition) is 0. The molecule has 0 bridgehead atoms. The molecule has 0 spiro atoms. The molecule has 0 saturated heterocycles. The monoisotopic (exact) mass is 436 g/mol. The molecule has 0 aliphatic carbocycles. The first kappa shape index (κ1) is 23.3. The van der Waals surface area contributed by atoms with E-state index in [-0.39, 0.29) is 0 Å². The maximum absolute atomic E-state index is 5.47. The van der Waals surface area contributed by atoms with Crippen LogP contribution in [0, 0.1) is 0 Å². The third-order valence-corrected chi connectivity index (χ3v) is 5.53. The summed E-state index contributed by atoms with van der Waals surface area (Å²) in [6.07, 6.45) is 3.69. The molecule has 0 saturated carbocycles. The predicted molar refractivity (Wildman–Crippen MR) is 127 cm³/mol. The number of benzene rings is 3. The van der Waals surface area contributed by atoms with Gasteiger partial charge in [0.2, 0.25) is 5.75 Å². The van der Waals surface area contributed by atoms with Gasteiger partial charge in [-0.3, -0.25) is 0 Å². The van der Waals surface area contributed by atoms with E-state index < -0.39 is 0 Å². The van der Waals surface area contributed by atoms with Crippen molar-refractivity contribution in [2.24, 2.45) is 0 Å². The van der Waals surface area contributed by atoms with E-state index in [9.17, 15) is 0 Å². The molecule has 0 amide bonds. The largest absolute Gasteiger partial charge is 0.497 e. The highest BCUT2D eigenvalue weighted by Crippen LogP contribution is 2.38. The zero-order valence-corrected chi connectivity index (χ0v) is 19.6. The van der Waals surface area contributed by atoms with Gasteiger partial charge in [-0.2, -0.15) is 0 Å². The third kappa shape index (κ3) is 5.88. The minimum absolute atomic E-state index is 0.620. The van der Waals surface area contributed by atoms with Crippen molar-refractivity contribution in [1.82, 2.24) is 0 Å². The van der Waals surface area contributed by atoms with Crippen LogP contribution in [0.3, 0.4) is 0 Å². The van der Waals surface area contributed by atoms with Crippen molar-refractivity contribution >= 4 is 0 Å². The molecule has 5 nitrogen and oxygen atoms in total. The molecule has 0 heterocycles. The second-order valence-corrected chi connectivity index (χ2v) is 7.57. The average molecular weight is 437 g/mol. The SMILES string of the molecule is COc1cc(CCc2cccc(CCc3cc(OC)c(OC)c(OC)c3)c2)cc(OC)c1. The van der Waals surface area contributed by atoms with Crippen molar-refractivity contribution in [2.75, 3.05) is 35.5 Å². The van der Waals surface area contributed by atoms with Crippen LogP contribution in [0.2, 0.25) is 0 Å². The Morgan fingerprint density at radius 2 is 0.938 bits per heavy atom. The zero-order valence-electron chi connectivity index (χ0n) is 19.6. The molecule has 0 radical (unpaired) electrons. The number of ether oxygens (including phenoxy) is 5. The van der Waals surface area contributed by atoms with E-state index in [1.165, 1.54) is 16.7 Å². The van der Waals surface area contributed by atoms with Gasteiger partial charge in [-0.15, -0.1) is 0 Å². The van der Waals surface area contributed by atoms with Gasteiger partial charge in [-0.1, -0.05) is 24.3 Å². The van der Waals surface area contributed by atoms with Crippen molar-refractivity contribution in [3.8, 4) is 28.7 Å². The number of aryl methyl sites for hydroxylation is 4. The van der Waals surface area contributed by atoms with E-state index in [1.54, 1.807) is 35.5 Å². The Morgan fingerprint density at radius 1 is 0.469 bits per heavy atom. The smallest absolute Gasteiger partial charge is 0.203 e. The van der Waals surface area contributed by atoms with E-state index in [4.69, 9.17) is 23.7 Å². The molecular formula is C27H32O5. The summed E-state index contributed by atoms with van der Waals surface area (Å²) in [5.74, 6) is 3.63. The molecule has 170 valence electrons. The molecule has 0 aliphatic heterocycles. The Labute approximate surface area is 190 Å². The minimum atomic E-state index is 0.620. The van der Waals surface area contributed by atoms with Crippen LogP contribution in [-0.2, 0) is 25.7 Å². The second kappa shape index (κ2) is 11.3. The van der Waals surface area contributed by atoms with Crippen molar-refractivity contribution in [1.29, 1.82) is 0 Å². The molecule has 5 heteroatoms. The summed E-state index contributed by atoms with van der Waals surface area (Å²) >= 11 is 0. The normalized spacial score (nSPS) is 10.5. The molecule has 3 rings (SSSR count). The van der Waals surface area contributed by atoms with Gasteiger partial charge >= 0.3 is 0 Å². The van der Waals surface area contributed by atoms with Crippen molar-refractivity contribution < 1.29 is 23.7 Å². The van der Waals surface area contributed by atoms with Gasteiger partial charge in [-0.05, 0) is 72.2 Å². The van der Waals surface area contributed by atoms with Gasteiger partial charge in [0.15, 0.2) is 11.5 Å². The minimum Gasteiger partial charge on any atom is -0.497 e. The average Bonchev–Trinajstić information content (AvgIpc) is 2.85. The number of methoxy groups -OCH3 is 5. The Kier molecular flexibility index (Phi) is 8.26.